The molecule has 0 bridgehead atoms. The molecule has 0 spiro atoms. The SMILES string of the molecule is COc1ccc(-c2[nH]c3ccc(-c4ccccc4)cc3c2CCCCN)cc1OC. The number of aromatic nitrogens is 1. The average Bonchev–Trinajstić information content (AvgIpc) is 3.17. The number of aryl methyl sites for hydroxylation is 1. The maximum atomic E-state index is 5.76. The summed E-state index contributed by atoms with van der Waals surface area (Å²) in [6, 6.07) is 23.2. The van der Waals surface area contributed by atoms with Gasteiger partial charge in [-0.05, 0) is 72.8 Å². The Hall–Kier alpha value is -3.24. The number of fused-ring (bicyclic) bond motifs is 1. The van der Waals surface area contributed by atoms with Gasteiger partial charge in [0.25, 0.3) is 0 Å². The highest BCUT2D eigenvalue weighted by Gasteiger charge is 2.16. The molecule has 3 N–H and O–H groups in total. The lowest BCUT2D eigenvalue weighted by Crippen LogP contribution is -1.99. The lowest BCUT2D eigenvalue weighted by atomic mass is 9.97. The number of unbranched alkanes of at least 4 members (excludes halogenated alkanes) is 1. The number of H-pyrrole nitrogens is 1. The van der Waals surface area contributed by atoms with Crippen LogP contribution in [0.3, 0.4) is 0 Å². The van der Waals surface area contributed by atoms with Crippen molar-refractivity contribution in [2.24, 2.45) is 5.73 Å². The first kappa shape index (κ1) is 20.0. The van der Waals surface area contributed by atoms with Crippen LogP contribution in [0.15, 0.2) is 66.7 Å². The van der Waals surface area contributed by atoms with Crippen LogP contribution >= 0.6 is 0 Å². The first-order chi connectivity index (χ1) is 14.7. The maximum Gasteiger partial charge on any atom is 0.161 e. The van der Waals surface area contributed by atoms with E-state index in [2.05, 4.69) is 53.5 Å². The summed E-state index contributed by atoms with van der Waals surface area (Å²) in [5.41, 5.74) is 12.9. The minimum absolute atomic E-state index is 0.712. The van der Waals surface area contributed by atoms with Gasteiger partial charge in [-0.2, -0.15) is 0 Å². The number of nitrogens with two attached hydrogens (primary N) is 1. The molecule has 0 amide bonds. The Labute approximate surface area is 177 Å². The van der Waals surface area contributed by atoms with Gasteiger partial charge in [-0.15, -0.1) is 0 Å². The van der Waals surface area contributed by atoms with E-state index in [0.29, 0.717) is 6.54 Å². The monoisotopic (exact) mass is 400 g/mol. The Kier molecular flexibility index (Phi) is 6.05. The maximum absolute atomic E-state index is 5.76. The molecule has 0 aliphatic rings. The first-order valence-corrected chi connectivity index (χ1v) is 10.4. The summed E-state index contributed by atoms with van der Waals surface area (Å²) in [4.78, 5) is 3.65. The minimum Gasteiger partial charge on any atom is -0.493 e. The van der Waals surface area contributed by atoms with Gasteiger partial charge in [0, 0.05) is 22.2 Å². The zero-order valence-corrected chi connectivity index (χ0v) is 17.6. The van der Waals surface area contributed by atoms with E-state index >= 15 is 0 Å². The van der Waals surface area contributed by atoms with Gasteiger partial charge in [0.05, 0.1) is 14.2 Å². The van der Waals surface area contributed by atoms with Gasteiger partial charge in [0.2, 0.25) is 0 Å². The third kappa shape index (κ3) is 3.91. The van der Waals surface area contributed by atoms with Crippen LogP contribution in [0.25, 0.3) is 33.3 Å². The fraction of sp³-hybridized carbons (Fsp3) is 0.231. The molecule has 0 atom stereocenters. The zero-order chi connectivity index (χ0) is 20.9. The fourth-order valence-electron chi connectivity index (χ4n) is 4.00. The number of nitrogens with one attached hydrogen (secondary N) is 1. The summed E-state index contributed by atoms with van der Waals surface area (Å²) in [6.45, 7) is 0.712. The van der Waals surface area contributed by atoms with E-state index in [1.54, 1.807) is 14.2 Å². The third-order valence-corrected chi connectivity index (χ3v) is 5.57. The summed E-state index contributed by atoms with van der Waals surface area (Å²) < 4.78 is 10.9. The van der Waals surface area contributed by atoms with E-state index in [-0.39, 0.29) is 0 Å². The molecule has 3 aromatic carbocycles. The van der Waals surface area contributed by atoms with Crippen LogP contribution < -0.4 is 15.2 Å². The van der Waals surface area contributed by atoms with E-state index in [0.717, 1.165) is 47.5 Å². The highest BCUT2D eigenvalue weighted by molar-refractivity contribution is 5.94. The number of hydrogen-bond donors (Lipinski definition) is 2. The molecule has 4 aromatic rings. The Balaban J connectivity index is 1.85. The Morgan fingerprint density at radius 1 is 0.767 bits per heavy atom. The van der Waals surface area contributed by atoms with Crippen LogP contribution in [0.2, 0.25) is 0 Å². The summed E-state index contributed by atoms with van der Waals surface area (Å²) in [6.07, 6.45) is 3.04. The highest BCUT2D eigenvalue weighted by atomic mass is 16.5. The van der Waals surface area contributed by atoms with Crippen LogP contribution in [0.1, 0.15) is 18.4 Å². The molecule has 4 rings (SSSR count). The van der Waals surface area contributed by atoms with Crippen molar-refractivity contribution in [1.82, 2.24) is 4.98 Å². The molecular weight excluding hydrogens is 372 g/mol. The number of ether oxygens (including phenoxy) is 2. The molecule has 4 heteroatoms. The predicted molar refractivity (Wildman–Crippen MR) is 124 cm³/mol. The van der Waals surface area contributed by atoms with E-state index in [4.69, 9.17) is 15.2 Å². The predicted octanol–water partition coefficient (Wildman–Crippen LogP) is 5.80. The molecule has 0 unspecified atom stereocenters. The summed E-state index contributed by atoms with van der Waals surface area (Å²) in [5.74, 6) is 1.46. The van der Waals surface area contributed by atoms with E-state index in [1.165, 1.54) is 22.1 Å². The Bertz CT molecular complexity index is 1130. The van der Waals surface area contributed by atoms with Crippen molar-refractivity contribution in [3.63, 3.8) is 0 Å². The molecule has 0 fully saturated rings. The number of benzene rings is 3. The van der Waals surface area contributed by atoms with Crippen LogP contribution in [-0.4, -0.2) is 25.7 Å². The van der Waals surface area contributed by atoms with Gasteiger partial charge in [0.1, 0.15) is 0 Å². The topological polar surface area (TPSA) is 60.3 Å². The van der Waals surface area contributed by atoms with Gasteiger partial charge in [-0.25, -0.2) is 0 Å². The van der Waals surface area contributed by atoms with Crippen molar-refractivity contribution in [3.8, 4) is 33.9 Å². The lowest BCUT2D eigenvalue weighted by Gasteiger charge is -2.10. The second kappa shape index (κ2) is 9.06. The second-order valence-electron chi connectivity index (χ2n) is 7.42. The van der Waals surface area contributed by atoms with Crippen LogP contribution in [0, 0.1) is 0 Å². The quantitative estimate of drug-likeness (QED) is 0.367. The van der Waals surface area contributed by atoms with E-state index in [1.807, 2.05) is 18.2 Å². The molecule has 0 radical (unpaired) electrons. The Morgan fingerprint density at radius 2 is 1.53 bits per heavy atom. The zero-order valence-electron chi connectivity index (χ0n) is 17.6. The van der Waals surface area contributed by atoms with Gasteiger partial charge in [-0.3, -0.25) is 0 Å². The second-order valence-corrected chi connectivity index (χ2v) is 7.42. The fourth-order valence-corrected chi connectivity index (χ4v) is 4.00. The highest BCUT2D eigenvalue weighted by Crippen LogP contribution is 2.37. The molecule has 0 saturated carbocycles. The number of rotatable bonds is 8. The molecule has 0 aliphatic heterocycles. The summed E-state index contributed by atoms with van der Waals surface area (Å²) >= 11 is 0. The van der Waals surface area contributed by atoms with Gasteiger partial charge < -0.3 is 20.2 Å². The van der Waals surface area contributed by atoms with Gasteiger partial charge in [-0.1, -0.05) is 36.4 Å². The number of methoxy groups -OCH3 is 2. The smallest absolute Gasteiger partial charge is 0.161 e. The molecule has 1 aromatic heterocycles. The van der Waals surface area contributed by atoms with Gasteiger partial charge in [0.15, 0.2) is 11.5 Å². The molecule has 1 heterocycles. The van der Waals surface area contributed by atoms with Crippen molar-refractivity contribution in [2.45, 2.75) is 19.3 Å². The Morgan fingerprint density at radius 3 is 2.27 bits per heavy atom. The van der Waals surface area contributed by atoms with Crippen molar-refractivity contribution < 1.29 is 9.47 Å². The van der Waals surface area contributed by atoms with Crippen molar-refractivity contribution in [2.75, 3.05) is 20.8 Å². The van der Waals surface area contributed by atoms with E-state index < -0.39 is 0 Å². The summed E-state index contributed by atoms with van der Waals surface area (Å²) in [7, 11) is 3.32. The van der Waals surface area contributed by atoms with Crippen LogP contribution in [-0.2, 0) is 6.42 Å². The standard InChI is InChI=1S/C26H28N2O2/c1-29-24-14-12-20(17-25(24)30-2)26-21(10-6-7-15-27)22-16-19(11-13-23(22)28-26)18-8-4-3-5-9-18/h3-5,8-9,11-14,16-17,28H,6-7,10,15,27H2,1-2H3. The number of hydrogen-bond acceptors (Lipinski definition) is 3. The molecule has 30 heavy (non-hydrogen) atoms. The lowest BCUT2D eigenvalue weighted by molar-refractivity contribution is 0.355. The van der Waals surface area contributed by atoms with Crippen molar-refractivity contribution in [1.29, 1.82) is 0 Å². The van der Waals surface area contributed by atoms with Crippen LogP contribution in [0.4, 0.5) is 0 Å². The largest absolute Gasteiger partial charge is 0.493 e. The van der Waals surface area contributed by atoms with E-state index in [9.17, 15) is 0 Å². The normalized spacial score (nSPS) is 11.0. The molecule has 4 nitrogen and oxygen atoms in total. The average molecular weight is 401 g/mol. The first-order valence-electron chi connectivity index (χ1n) is 10.4. The summed E-state index contributed by atoms with van der Waals surface area (Å²) in [5, 5.41) is 1.26. The van der Waals surface area contributed by atoms with Crippen LogP contribution in [0.5, 0.6) is 11.5 Å². The third-order valence-electron chi connectivity index (χ3n) is 5.57. The molecule has 0 aliphatic carbocycles. The van der Waals surface area contributed by atoms with Crippen molar-refractivity contribution >= 4 is 10.9 Å². The molecular formula is C26H28N2O2. The number of aromatic amines is 1. The molecule has 154 valence electrons. The van der Waals surface area contributed by atoms with Gasteiger partial charge >= 0.3 is 0 Å². The van der Waals surface area contributed by atoms with Crippen molar-refractivity contribution in [3.05, 3.63) is 72.3 Å². The molecule has 0 saturated heterocycles. The minimum atomic E-state index is 0.712.